The lowest BCUT2D eigenvalue weighted by atomic mass is 10.0. The van der Waals surface area contributed by atoms with Crippen LogP contribution in [-0.4, -0.2) is 54.0 Å². The summed E-state index contributed by atoms with van der Waals surface area (Å²) in [6.45, 7) is 2.14. The van der Waals surface area contributed by atoms with Crippen LogP contribution in [0.4, 0.5) is 0 Å². The molecule has 2 aliphatic rings. The first-order valence-corrected chi connectivity index (χ1v) is 9.04. The molecule has 3 heterocycles. The zero-order chi connectivity index (χ0) is 18.6. The highest BCUT2D eigenvalue weighted by Gasteiger charge is 2.30. The summed E-state index contributed by atoms with van der Waals surface area (Å²) in [5.41, 5.74) is 7.93. The van der Waals surface area contributed by atoms with Crippen LogP contribution in [-0.2, 0) is 16.0 Å². The largest absolute Gasteiger partial charge is 0.493 e. The maximum Gasteiger partial charge on any atom is 0.189 e. The van der Waals surface area contributed by atoms with Gasteiger partial charge in [0.25, 0.3) is 0 Å². The van der Waals surface area contributed by atoms with Gasteiger partial charge in [0, 0.05) is 19.1 Å². The Labute approximate surface area is 157 Å². The summed E-state index contributed by atoms with van der Waals surface area (Å²) >= 11 is 0. The van der Waals surface area contributed by atoms with Crippen LogP contribution >= 0.6 is 0 Å². The van der Waals surface area contributed by atoms with E-state index in [0.717, 1.165) is 23.4 Å². The molecule has 1 fully saturated rings. The van der Waals surface area contributed by atoms with E-state index >= 15 is 0 Å². The molecule has 3 N–H and O–H groups in total. The molecule has 144 valence electrons. The van der Waals surface area contributed by atoms with E-state index in [2.05, 4.69) is 20.6 Å². The quantitative estimate of drug-likeness (QED) is 0.590. The molecule has 0 amide bonds. The number of aliphatic imine (C=N–C) groups is 1. The number of methoxy groups -OCH3 is 1. The number of guanidine groups is 1. The van der Waals surface area contributed by atoms with Crippen molar-refractivity contribution >= 4 is 5.96 Å². The van der Waals surface area contributed by atoms with E-state index < -0.39 is 0 Å². The molecule has 0 aliphatic carbocycles. The zero-order valence-electron chi connectivity index (χ0n) is 15.2. The van der Waals surface area contributed by atoms with Crippen LogP contribution in [0, 0.1) is 0 Å². The van der Waals surface area contributed by atoms with E-state index in [4.69, 9.17) is 19.9 Å². The Balaban J connectivity index is 1.38. The summed E-state index contributed by atoms with van der Waals surface area (Å²) in [6.07, 6.45) is 2.69. The van der Waals surface area contributed by atoms with Gasteiger partial charge in [-0.15, -0.1) is 5.10 Å². The van der Waals surface area contributed by atoms with Gasteiger partial charge in [0.2, 0.25) is 0 Å². The van der Waals surface area contributed by atoms with Gasteiger partial charge in [0.05, 0.1) is 38.6 Å². The van der Waals surface area contributed by atoms with E-state index in [0.29, 0.717) is 32.3 Å². The second kappa shape index (κ2) is 7.93. The number of ether oxygens (including phenoxy) is 3. The van der Waals surface area contributed by atoms with Gasteiger partial charge in [-0.25, -0.2) is 9.67 Å². The zero-order valence-corrected chi connectivity index (χ0v) is 15.2. The first-order chi connectivity index (χ1) is 13.2. The number of nitrogens with zero attached hydrogens (tertiary/aromatic N) is 4. The SMILES string of the molecule is CO[C@@H]1COC[C@H]1n1cc(CN=C(N)NC2CCOc3ccccc32)nn1. The fraction of sp³-hybridized carbons (Fsp3) is 0.500. The molecule has 2 aliphatic heterocycles. The second-order valence-electron chi connectivity index (χ2n) is 6.64. The van der Waals surface area contributed by atoms with Gasteiger partial charge in [-0.2, -0.15) is 0 Å². The van der Waals surface area contributed by atoms with Crippen molar-refractivity contribution in [1.82, 2.24) is 20.3 Å². The van der Waals surface area contributed by atoms with Crippen molar-refractivity contribution in [1.29, 1.82) is 0 Å². The highest BCUT2D eigenvalue weighted by Crippen LogP contribution is 2.31. The minimum Gasteiger partial charge on any atom is -0.493 e. The van der Waals surface area contributed by atoms with Crippen LogP contribution in [0.25, 0.3) is 0 Å². The van der Waals surface area contributed by atoms with Crippen LogP contribution in [0.1, 0.15) is 29.8 Å². The van der Waals surface area contributed by atoms with Gasteiger partial charge in [-0.05, 0) is 6.07 Å². The molecule has 0 bridgehead atoms. The fourth-order valence-electron chi connectivity index (χ4n) is 3.43. The number of fused-ring (bicyclic) bond motifs is 1. The maximum absolute atomic E-state index is 6.09. The molecule has 2 aromatic rings. The third-order valence-corrected chi connectivity index (χ3v) is 4.89. The van der Waals surface area contributed by atoms with Gasteiger partial charge >= 0.3 is 0 Å². The van der Waals surface area contributed by atoms with Crippen molar-refractivity contribution in [3.63, 3.8) is 0 Å². The number of nitrogens with one attached hydrogen (secondary N) is 1. The summed E-state index contributed by atoms with van der Waals surface area (Å²) in [4.78, 5) is 4.40. The molecule has 27 heavy (non-hydrogen) atoms. The summed E-state index contributed by atoms with van der Waals surface area (Å²) in [7, 11) is 1.68. The first kappa shape index (κ1) is 17.7. The second-order valence-corrected chi connectivity index (χ2v) is 6.64. The van der Waals surface area contributed by atoms with E-state index in [-0.39, 0.29) is 18.2 Å². The number of nitrogens with two attached hydrogens (primary N) is 1. The van der Waals surface area contributed by atoms with Crippen molar-refractivity contribution in [2.45, 2.75) is 31.2 Å². The Morgan fingerprint density at radius 2 is 2.30 bits per heavy atom. The summed E-state index contributed by atoms with van der Waals surface area (Å²) in [5.74, 6) is 1.27. The minimum atomic E-state index is -0.0108. The average molecular weight is 372 g/mol. The molecule has 0 spiro atoms. The van der Waals surface area contributed by atoms with Gasteiger partial charge in [-0.3, -0.25) is 0 Å². The Morgan fingerprint density at radius 3 is 3.19 bits per heavy atom. The number of rotatable bonds is 5. The van der Waals surface area contributed by atoms with Crippen LogP contribution in [0.3, 0.4) is 0 Å². The molecule has 3 atom stereocenters. The normalized spacial score (nSPS) is 25.1. The third kappa shape index (κ3) is 3.88. The highest BCUT2D eigenvalue weighted by atomic mass is 16.5. The van der Waals surface area contributed by atoms with Gasteiger partial charge in [-0.1, -0.05) is 23.4 Å². The topological polar surface area (TPSA) is 109 Å². The molecule has 4 rings (SSSR count). The summed E-state index contributed by atoms with van der Waals surface area (Å²) < 4.78 is 18.3. The number of hydrogen-bond donors (Lipinski definition) is 2. The molecule has 1 unspecified atom stereocenters. The molecule has 9 nitrogen and oxygen atoms in total. The smallest absolute Gasteiger partial charge is 0.189 e. The Kier molecular flexibility index (Phi) is 5.21. The van der Waals surface area contributed by atoms with Crippen LogP contribution < -0.4 is 15.8 Å². The third-order valence-electron chi connectivity index (χ3n) is 4.89. The van der Waals surface area contributed by atoms with E-state index in [9.17, 15) is 0 Å². The maximum atomic E-state index is 6.09. The lowest BCUT2D eigenvalue weighted by molar-refractivity contribution is 0.0661. The van der Waals surface area contributed by atoms with Gasteiger partial charge in [0.15, 0.2) is 5.96 Å². The van der Waals surface area contributed by atoms with E-state index in [1.807, 2.05) is 30.5 Å². The Hall–Kier alpha value is -2.65. The van der Waals surface area contributed by atoms with Crippen LogP contribution in [0.5, 0.6) is 5.75 Å². The predicted molar refractivity (Wildman–Crippen MR) is 98.4 cm³/mol. The molecule has 0 radical (unpaired) electrons. The number of para-hydroxylation sites is 1. The fourth-order valence-corrected chi connectivity index (χ4v) is 3.43. The number of benzene rings is 1. The molecular weight excluding hydrogens is 348 g/mol. The molecular formula is C18H24N6O3. The van der Waals surface area contributed by atoms with E-state index in [1.54, 1.807) is 11.8 Å². The van der Waals surface area contributed by atoms with Crippen molar-refractivity contribution < 1.29 is 14.2 Å². The first-order valence-electron chi connectivity index (χ1n) is 9.04. The summed E-state index contributed by atoms with van der Waals surface area (Å²) in [5, 5.41) is 11.6. The average Bonchev–Trinajstić information content (AvgIpc) is 3.35. The standard InChI is InChI=1S/C18H24N6O3/c1-25-17-11-26-10-15(17)24-9-12(22-23-24)8-20-18(19)21-14-6-7-27-16-5-3-2-4-13(14)16/h2-5,9,14-15,17H,6-8,10-11H2,1H3,(H3,19,20,21)/t14?,15-,17-/m1/s1. The predicted octanol–water partition coefficient (Wildman–Crippen LogP) is 0.792. The number of hydrogen-bond acceptors (Lipinski definition) is 6. The molecule has 1 saturated heterocycles. The van der Waals surface area contributed by atoms with Gasteiger partial charge in [0.1, 0.15) is 23.6 Å². The molecule has 1 aromatic carbocycles. The minimum absolute atomic E-state index is 0.0108. The Bertz CT molecular complexity index is 808. The highest BCUT2D eigenvalue weighted by molar-refractivity contribution is 5.78. The monoisotopic (exact) mass is 372 g/mol. The van der Waals surface area contributed by atoms with E-state index in [1.165, 1.54) is 0 Å². The van der Waals surface area contributed by atoms with Crippen LogP contribution in [0.15, 0.2) is 35.5 Å². The van der Waals surface area contributed by atoms with Crippen LogP contribution in [0.2, 0.25) is 0 Å². The van der Waals surface area contributed by atoms with Gasteiger partial charge < -0.3 is 25.3 Å². The van der Waals surface area contributed by atoms with Crippen molar-refractivity contribution in [2.24, 2.45) is 10.7 Å². The molecule has 0 saturated carbocycles. The van der Waals surface area contributed by atoms with Crippen molar-refractivity contribution in [2.75, 3.05) is 26.9 Å². The molecule has 9 heteroatoms. The summed E-state index contributed by atoms with van der Waals surface area (Å²) in [6, 6.07) is 8.09. The van der Waals surface area contributed by atoms with Crippen molar-refractivity contribution in [3.8, 4) is 5.75 Å². The Morgan fingerprint density at radius 1 is 1.41 bits per heavy atom. The lowest BCUT2D eigenvalue weighted by Gasteiger charge is -2.26. The lowest BCUT2D eigenvalue weighted by Crippen LogP contribution is -2.37. The van der Waals surface area contributed by atoms with Crippen molar-refractivity contribution in [3.05, 3.63) is 41.7 Å². The molecule has 1 aromatic heterocycles. The number of aromatic nitrogens is 3.